The summed E-state index contributed by atoms with van der Waals surface area (Å²) in [6.45, 7) is -0.334. The second-order valence-corrected chi connectivity index (χ2v) is 3.79. The van der Waals surface area contributed by atoms with Gasteiger partial charge in [-0.3, -0.25) is 0 Å². The summed E-state index contributed by atoms with van der Waals surface area (Å²) < 4.78 is 50.2. The number of benzene rings is 1. The van der Waals surface area contributed by atoms with Crippen molar-refractivity contribution in [1.82, 2.24) is 0 Å². The van der Waals surface area contributed by atoms with Gasteiger partial charge in [-0.2, -0.15) is 13.2 Å². The van der Waals surface area contributed by atoms with E-state index in [1.54, 1.807) is 0 Å². The summed E-state index contributed by atoms with van der Waals surface area (Å²) in [7, 11) is 0. The van der Waals surface area contributed by atoms with Crippen molar-refractivity contribution in [2.24, 2.45) is 5.73 Å². The Bertz CT molecular complexity index is 350. The van der Waals surface area contributed by atoms with Gasteiger partial charge in [-0.05, 0) is 17.7 Å². The van der Waals surface area contributed by atoms with Crippen LogP contribution in [-0.2, 0) is 6.18 Å². The zero-order valence-corrected chi connectivity index (χ0v) is 9.07. The summed E-state index contributed by atoms with van der Waals surface area (Å²) in [5.74, 6) is 0. The average Bonchev–Trinajstić information content (AvgIpc) is 2.15. The fourth-order valence-corrected chi connectivity index (χ4v) is 1.56. The molecule has 0 aromatic heterocycles. The molecule has 0 amide bonds. The highest BCUT2D eigenvalue weighted by atomic mass is 79.9. The Morgan fingerprint density at radius 3 is 2.40 bits per heavy atom. The smallest absolute Gasteiger partial charge is 0.327 e. The Labute approximate surface area is 92.4 Å². The van der Waals surface area contributed by atoms with Crippen LogP contribution in [0.2, 0.25) is 0 Å². The third kappa shape index (κ3) is 2.92. The van der Waals surface area contributed by atoms with E-state index >= 15 is 0 Å². The third-order valence-electron chi connectivity index (χ3n) is 1.86. The van der Waals surface area contributed by atoms with Crippen LogP contribution in [0.5, 0.6) is 0 Å². The normalized spacial score (nSPS) is 14.0. The molecule has 0 aliphatic carbocycles. The Kier molecular flexibility index (Phi) is 3.72. The van der Waals surface area contributed by atoms with Gasteiger partial charge in [0.25, 0.3) is 0 Å². The molecule has 0 fully saturated rings. The summed E-state index contributed by atoms with van der Waals surface area (Å²) in [5.41, 5.74) is 4.08. The van der Waals surface area contributed by atoms with Crippen LogP contribution < -0.4 is 5.73 Å². The third-order valence-corrected chi connectivity index (χ3v) is 2.56. The number of hydrogen-bond donors (Lipinski definition) is 1. The van der Waals surface area contributed by atoms with Crippen molar-refractivity contribution in [3.05, 3.63) is 33.8 Å². The van der Waals surface area contributed by atoms with Gasteiger partial charge in [0, 0.05) is 11.0 Å². The van der Waals surface area contributed by atoms with Gasteiger partial charge in [0.1, 0.15) is 6.17 Å². The number of halogens is 5. The van der Waals surface area contributed by atoms with Gasteiger partial charge in [-0.25, -0.2) is 4.39 Å². The van der Waals surface area contributed by atoms with Crippen molar-refractivity contribution in [2.75, 3.05) is 6.54 Å². The van der Waals surface area contributed by atoms with Gasteiger partial charge in [-0.1, -0.05) is 22.0 Å². The van der Waals surface area contributed by atoms with Crippen molar-refractivity contribution in [2.45, 2.75) is 12.3 Å². The van der Waals surface area contributed by atoms with Crippen LogP contribution in [0.15, 0.2) is 22.7 Å². The molecule has 15 heavy (non-hydrogen) atoms. The minimum atomic E-state index is -4.50. The first-order chi connectivity index (χ1) is 6.86. The highest BCUT2D eigenvalue weighted by Gasteiger charge is 2.33. The molecule has 6 heteroatoms. The summed E-state index contributed by atoms with van der Waals surface area (Å²) in [6, 6.07) is 3.21. The summed E-state index contributed by atoms with van der Waals surface area (Å²) in [6.07, 6.45) is -6.07. The number of nitrogens with two attached hydrogens (primary N) is 1. The van der Waals surface area contributed by atoms with Crippen LogP contribution in [-0.4, -0.2) is 6.54 Å². The fraction of sp³-hybridized carbons (Fsp3) is 0.333. The van der Waals surface area contributed by atoms with E-state index in [9.17, 15) is 17.6 Å². The molecule has 84 valence electrons. The molecule has 1 atom stereocenters. The molecule has 0 spiro atoms. The van der Waals surface area contributed by atoms with Crippen molar-refractivity contribution in [3.8, 4) is 0 Å². The lowest BCUT2D eigenvalue weighted by Gasteiger charge is -2.12. The Balaban J connectivity index is 3.17. The Morgan fingerprint density at radius 2 is 1.93 bits per heavy atom. The van der Waals surface area contributed by atoms with Crippen molar-refractivity contribution in [1.29, 1.82) is 0 Å². The molecule has 2 N–H and O–H groups in total. The van der Waals surface area contributed by atoms with E-state index in [1.807, 2.05) is 0 Å². The number of rotatable bonds is 2. The quantitative estimate of drug-likeness (QED) is 0.828. The first kappa shape index (κ1) is 12.4. The van der Waals surface area contributed by atoms with Crippen LogP contribution in [0, 0.1) is 0 Å². The highest BCUT2D eigenvalue weighted by molar-refractivity contribution is 9.10. The molecule has 0 saturated heterocycles. The molecular weight excluding hydrogens is 278 g/mol. The molecular formula is C9H8BrF4N. The van der Waals surface area contributed by atoms with Gasteiger partial charge in [0.15, 0.2) is 0 Å². The fourth-order valence-electron chi connectivity index (χ4n) is 1.09. The molecule has 1 rings (SSSR count). The maximum Gasteiger partial charge on any atom is 0.417 e. The molecule has 0 aliphatic heterocycles. The molecule has 1 aromatic rings. The second-order valence-electron chi connectivity index (χ2n) is 2.94. The SMILES string of the molecule is NCC(F)c1ccc(Br)c(C(F)(F)F)c1. The van der Waals surface area contributed by atoms with Crippen LogP contribution in [0.3, 0.4) is 0 Å². The predicted octanol–water partition coefficient (Wildman–Crippen LogP) is 3.44. The lowest BCUT2D eigenvalue weighted by atomic mass is 10.1. The average molecular weight is 286 g/mol. The van der Waals surface area contributed by atoms with E-state index in [2.05, 4.69) is 15.9 Å². The molecule has 0 radical (unpaired) electrons. The van der Waals surface area contributed by atoms with Gasteiger partial charge < -0.3 is 5.73 Å². The first-order valence-electron chi connectivity index (χ1n) is 4.07. The maximum absolute atomic E-state index is 13.1. The van der Waals surface area contributed by atoms with E-state index in [4.69, 9.17) is 5.73 Å². The van der Waals surface area contributed by atoms with Crippen molar-refractivity contribution < 1.29 is 17.6 Å². The van der Waals surface area contributed by atoms with Crippen molar-refractivity contribution >= 4 is 15.9 Å². The zero-order valence-electron chi connectivity index (χ0n) is 7.48. The maximum atomic E-state index is 13.1. The van der Waals surface area contributed by atoms with Crippen LogP contribution in [0.4, 0.5) is 17.6 Å². The van der Waals surface area contributed by atoms with E-state index in [1.165, 1.54) is 12.1 Å². The standard InChI is InChI=1S/C9H8BrF4N/c10-7-2-1-5(8(11)4-15)3-6(7)9(12,13)14/h1-3,8H,4,15H2. The van der Waals surface area contributed by atoms with Crippen molar-refractivity contribution in [3.63, 3.8) is 0 Å². The summed E-state index contributed by atoms with van der Waals surface area (Å²) in [4.78, 5) is 0. The molecule has 1 nitrogen and oxygen atoms in total. The van der Waals surface area contributed by atoms with E-state index < -0.39 is 17.9 Å². The topological polar surface area (TPSA) is 26.0 Å². The largest absolute Gasteiger partial charge is 0.417 e. The Morgan fingerprint density at radius 1 is 1.33 bits per heavy atom. The van der Waals surface area contributed by atoms with Gasteiger partial charge >= 0.3 is 6.18 Å². The van der Waals surface area contributed by atoms with E-state index in [0.29, 0.717) is 0 Å². The summed E-state index contributed by atoms with van der Waals surface area (Å²) in [5, 5.41) is 0. The predicted molar refractivity (Wildman–Crippen MR) is 52.0 cm³/mol. The second kappa shape index (κ2) is 4.49. The van der Waals surface area contributed by atoms with E-state index in [-0.39, 0.29) is 16.6 Å². The lowest BCUT2D eigenvalue weighted by molar-refractivity contribution is -0.138. The zero-order chi connectivity index (χ0) is 11.6. The molecule has 1 aromatic carbocycles. The molecule has 0 bridgehead atoms. The van der Waals surface area contributed by atoms with Crippen LogP contribution >= 0.6 is 15.9 Å². The number of alkyl halides is 4. The number of hydrogen-bond acceptors (Lipinski definition) is 1. The Hall–Kier alpha value is -0.620. The molecule has 0 aliphatic rings. The summed E-state index contributed by atoms with van der Waals surface area (Å²) >= 11 is 2.76. The van der Waals surface area contributed by atoms with E-state index in [0.717, 1.165) is 6.07 Å². The first-order valence-corrected chi connectivity index (χ1v) is 4.86. The van der Waals surface area contributed by atoms with Gasteiger partial charge in [-0.15, -0.1) is 0 Å². The molecule has 1 unspecified atom stereocenters. The minimum Gasteiger partial charge on any atom is -0.327 e. The minimum absolute atomic E-state index is 0.0620. The van der Waals surface area contributed by atoms with Crippen LogP contribution in [0.25, 0.3) is 0 Å². The molecule has 0 saturated carbocycles. The van der Waals surface area contributed by atoms with Gasteiger partial charge in [0.05, 0.1) is 5.56 Å². The molecule has 0 heterocycles. The van der Waals surface area contributed by atoms with Crippen LogP contribution in [0.1, 0.15) is 17.3 Å². The van der Waals surface area contributed by atoms with Gasteiger partial charge in [0.2, 0.25) is 0 Å². The monoisotopic (exact) mass is 285 g/mol. The lowest BCUT2D eigenvalue weighted by Crippen LogP contribution is -2.11. The highest BCUT2D eigenvalue weighted by Crippen LogP contribution is 2.36.